The van der Waals surface area contributed by atoms with Crippen molar-refractivity contribution in [2.24, 2.45) is 0 Å². The topological polar surface area (TPSA) is 36.6 Å². The molecular formula is C12H19NO2. The number of nitrogens with zero attached hydrogens (tertiary/aromatic N) is 1. The second kappa shape index (κ2) is 4.81. The fourth-order valence-electron chi connectivity index (χ4n) is 2.04. The predicted octanol–water partition coefficient (Wildman–Crippen LogP) is 2.19. The van der Waals surface area contributed by atoms with E-state index in [-0.39, 0.29) is 6.61 Å². The highest BCUT2D eigenvalue weighted by atomic mass is 16.3. The SMILES string of the molecule is CC(c1ccco1)N(CCCO)C1CC1. The maximum Gasteiger partial charge on any atom is 0.120 e. The van der Waals surface area contributed by atoms with E-state index in [0.29, 0.717) is 12.1 Å². The van der Waals surface area contributed by atoms with Gasteiger partial charge in [-0.1, -0.05) is 0 Å². The molecule has 0 aliphatic heterocycles. The first-order valence-corrected chi connectivity index (χ1v) is 5.73. The van der Waals surface area contributed by atoms with Crippen LogP contribution in [0.1, 0.15) is 38.0 Å². The number of aliphatic hydroxyl groups excluding tert-OH is 1. The highest BCUT2D eigenvalue weighted by Gasteiger charge is 2.33. The molecule has 1 unspecified atom stereocenters. The van der Waals surface area contributed by atoms with Crippen LogP contribution in [0.4, 0.5) is 0 Å². The molecule has 0 spiro atoms. The molecule has 0 bridgehead atoms. The predicted molar refractivity (Wildman–Crippen MR) is 58.6 cm³/mol. The minimum Gasteiger partial charge on any atom is -0.468 e. The lowest BCUT2D eigenvalue weighted by molar-refractivity contribution is 0.159. The Morgan fingerprint density at radius 1 is 1.60 bits per heavy atom. The first kappa shape index (κ1) is 10.7. The molecule has 1 N–H and O–H groups in total. The molecule has 1 aromatic rings. The summed E-state index contributed by atoms with van der Waals surface area (Å²) < 4.78 is 5.43. The van der Waals surface area contributed by atoms with Crippen molar-refractivity contribution in [2.75, 3.05) is 13.2 Å². The minimum absolute atomic E-state index is 0.272. The van der Waals surface area contributed by atoms with Crippen molar-refractivity contribution in [3.63, 3.8) is 0 Å². The Bertz CT molecular complexity index is 280. The van der Waals surface area contributed by atoms with Gasteiger partial charge in [-0.2, -0.15) is 0 Å². The van der Waals surface area contributed by atoms with Gasteiger partial charge in [-0.25, -0.2) is 0 Å². The molecule has 0 radical (unpaired) electrons. The first-order valence-electron chi connectivity index (χ1n) is 5.73. The van der Waals surface area contributed by atoms with Crippen LogP contribution in [-0.2, 0) is 0 Å². The third-order valence-corrected chi connectivity index (χ3v) is 3.04. The summed E-state index contributed by atoms with van der Waals surface area (Å²) in [7, 11) is 0. The number of hydrogen-bond donors (Lipinski definition) is 1. The molecule has 15 heavy (non-hydrogen) atoms. The Kier molecular flexibility index (Phi) is 3.44. The Balaban J connectivity index is 1.97. The van der Waals surface area contributed by atoms with Gasteiger partial charge in [0.15, 0.2) is 0 Å². The van der Waals surface area contributed by atoms with Crippen LogP contribution in [0.15, 0.2) is 22.8 Å². The lowest BCUT2D eigenvalue weighted by atomic mass is 10.2. The molecule has 1 fully saturated rings. The molecule has 84 valence electrons. The van der Waals surface area contributed by atoms with Gasteiger partial charge in [0.05, 0.1) is 12.3 Å². The van der Waals surface area contributed by atoms with Crippen LogP contribution in [-0.4, -0.2) is 29.2 Å². The number of aliphatic hydroxyl groups is 1. The van der Waals surface area contributed by atoms with Gasteiger partial charge in [-0.05, 0) is 38.3 Å². The highest BCUT2D eigenvalue weighted by molar-refractivity contribution is 5.05. The average Bonchev–Trinajstić information content (AvgIpc) is 2.94. The average molecular weight is 209 g/mol. The number of hydrogen-bond acceptors (Lipinski definition) is 3. The van der Waals surface area contributed by atoms with Gasteiger partial charge in [-0.3, -0.25) is 4.90 Å². The zero-order chi connectivity index (χ0) is 10.7. The normalized spacial score (nSPS) is 18.3. The Morgan fingerprint density at radius 2 is 2.40 bits per heavy atom. The summed E-state index contributed by atoms with van der Waals surface area (Å²) in [6.45, 7) is 3.41. The van der Waals surface area contributed by atoms with Crippen molar-refractivity contribution < 1.29 is 9.52 Å². The molecule has 0 saturated heterocycles. The second-order valence-electron chi connectivity index (χ2n) is 4.24. The van der Waals surface area contributed by atoms with E-state index in [1.165, 1.54) is 12.8 Å². The molecule has 3 heteroatoms. The number of furan rings is 1. The van der Waals surface area contributed by atoms with Gasteiger partial charge in [0.1, 0.15) is 5.76 Å². The summed E-state index contributed by atoms with van der Waals surface area (Å²) in [5.74, 6) is 1.03. The second-order valence-corrected chi connectivity index (χ2v) is 4.24. The van der Waals surface area contributed by atoms with E-state index >= 15 is 0 Å². The van der Waals surface area contributed by atoms with Gasteiger partial charge >= 0.3 is 0 Å². The standard InChI is InChI=1S/C12H19NO2/c1-10(12-4-2-9-15-12)13(7-3-8-14)11-5-6-11/h2,4,9-11,14H,3,5-8H2,1H3. The van der Waals surface area contributed by atoms with Crippen LogP contribution in [0, 0.1) is 0 Å². The van der Waals surface area contributed by atoms with Crippen LogP contribution in [0.2, 0.25) is 0 Å². The van der Waals surface area contributed by atoms with E-state index in [1.54, 1.807) is 6.26 Å². The summed E-state index contributed by atoms with van der Waals surface area (Å²) in [5, 5.41) is 8.88. The molecular weight excluding hydrogens is 190 g/mol. The summed E-state index contributed by atoms with van der Waals surface area (Å²) >= 11 is 0. The van der Waals surface area contributed by atoms with Crippen molar-refractivity contribution in [1.82, 2.24) is 4.90 Å². The fraction of sp³-hybridized carbons (Fsp3) is 0.667. The Labute approximate surface area is 90.7 Å². The maximum atomic E-state index is 8.88. The molecule has 1 saturated carbocycles. The number of rotatable bonds is 6. The van der Waals surface area contributed by atoms with Crippen molar-refractivity contribution >= 4 is 0 Å². The smallest absolute Gasteiger partial charge is 0.120 e. The van der Waals surface area contributed by atoms with E-state index in [9.17, 15) is 0 Å². The molecule has 2 rings (SSSR count). The van der Waals surface area contributed by atoms with E-state index in [0.717, 1.165) is 18.7 Å². The largest absolute Gasteiger partial charge is 0.468 e. The third kappa shape index (κ3) is 2.61. The monoisotopic (exact) mass is 209 g/mol. The first-order chi connectivity index (χ1) is 7.33. The molecule has 1 aliphatic carbocycles. The van der Waals surface area contributed by atoms with Crippen LogP contribution in [0.3, 0.4) is 0 Å². The van der Waals surface area contributed by atoms with Crippen LogP contribution in [0.5, 0.6) is 0 Å². The Hall–Kier alpha value is -0.800. The minimum atomic E-state index is 0.272. The lowest BCUT2D eigenvalue weighted by Crippen LogP contribution is -2.30. The van der Waals surface area contributed by atoms with Gasteiger partial charge in [-0.15, -0.1) is 0 Å². The quantitative estimate of drug-likeness (QED) is 0.780. The van der Waals surface area contributed by atoms with Gasteiger partial charge in [0.25, 0.3) is 0 Å². The highest BCUT2D eigenvalue weighted by Crippen LogP contribution is 2.34. The lowest BCUT2D eigenvalue weighted by Gasteiger charge is -2.27. The summed E-state index contributed by atoms with van der Waals surface area (Å²) in [5.41, 5.74) is 0. The van der Waals surface area contributed by atoms with E-state index in [4.69, 9.17) is 9.52 Å². The van der Waals surface area contributed by atoms with Crippen LogP contribution >= 0.6 is 0 Å². The van der Waals surface area contributed by atoms with Crippen molar-refractivity contribution in [2.45, 2.75) is 38.3 Å². The Morgan fingerprint density at radius 3 is 2.93 bits per heavy atom. The van der Waals surface area contributed by atoms with Crippen molar-refractivity contribution in [3.8, 4) is 0 Å². The van der Waals surface area contributed by atoms with E-state index in [1.807, 2.05) is 12.1 Å². The van der Waals surface area contributed by atoms with Crippen LogP contribution < -0.4 is 0 Å². The van der Waals surface area contributed by atoms with Crippen molar-refractivity contribution in [1.29, 1.82) is 0 Å². The molecule has 0 amide bonds. The van der Waals surface area contributed by atoms with Gasteiger partial charge in [0, 0.05) is 19.2 Å². The summed E-state index contributed by atoms with van der Waals surface area (Å²) in [6, 6.07) is 5.00. The third-order valence-electron chi connectivity index (χ3n) is 3.04. The van der Waals surface area contributed by atoms with Gasteiger partial charge in [0.2, 0.25) is 0 Å². The van der Waals surface area contributed by atoms with E-state index < -0.39 is 0 Å². The fourth-order valence-corrected chi connectivity index (χ4v) is 2.04. The zero-order valence-electron chi connectivity index (χ0n) is 9.22. The summed E-state index contributed by atoms with van der Waals surface area (Å²) in [6.07, 6.45) is 5.15. The van der Waals surface area contributed by atoms with Gasteiger partial charge < -0.3 is 9.52 Å². The molecule has 1 aliphatic rings. The molecule has 1 aromatic heterocycles. The van der Waals surface area contributed by atoms with Crippen molar-refractivity contribution in [3.05, 3.63) is 24.2 Å². The van der Waals surface area contributed by atoms with Crippen LogP contribution in [0.25, 0.3) is 0 Å². The zero-order valence-corrected chi connectivity index (χ0v) is 9.22. The molecule has 1 atom stereocenters. The van der Waals surface area contributed by atoms with E-state index in [2.05, 4.69) is 11.8 Å². The molecule has 1 heterocycles. The summed E-state index contributed by atoms with van der Waals surface area (Å²) in [4.78, 5) is 2.44. The molecule has 0 aromatic carbocycles. The maximum absolute atomic E-state index is 8.88. The molecule has 3 nitrogen and oxygen atoms in total.